The average Bonchev–Trinajstić information content (AvgIpc) is 1.54. The standard InChI is InChI=1S/C88H84Cl6N10O11S3/c1-6-109-84(107)44-14-27-68-71(32-44)117-87(96-68)103(5)48-18-22-53(23-19-48)112-41-61-79(74-65(92)29-46(30-66(74)93)55-37-57(55)81-60(78(99-114-81)73-62(89)9-8-10-63(73)90)40-111-52-20-16-47(17-21-52)102(4)86-95-67-26-13-43(83(105)106)31-70(67)116-86)100-115-82(61)58-38-56(58)54-24-25-64(91)75(76(54)94)77-59(80(113-98-77)42-11-12-42)39-101(3)49-34-50-36-51(35-49)104(50)88-97-69-28-15-45(33-72(69)118-88)85(108)110-7-2/h8-10,13-15,24-33,42,47-53,55-58H,6-7,11-12,16-23,34-41H2,1-5H3,(H,105,106). The monoisotopic (exact) mass is 1760 g/mol. The predicted molar refractivity (Wildman–Crippen MR) is 463 cm³/mol. The number of fused-ring (bicyclic) bond motifs is 5. The van der Waals surface area contributed by atoms with Crippen LogP contribution < -0.4 is 14.7 Å². The lowest BCUT2D eigenvalue weighted by atomic mass is 9.76. The number of carbonyl (C=O) groups excluding carboxylic acids is 2. The zero-order valence-corrected chi connectivity index (χ0v) is 72.3. The number of thiazole rings is 3. The summed E-state index contributed by atoms with van der Waals surface area (Å²) in [6.07, 6.45) is 13.1. The van der Waals surface area contributed by atoms with E-state index < -0.39 is 5.97 Å². The van der Waals surface area contributed by atoms with Gasteiger partial charge in [-0.1, -0.05) is 131 Å². The molecule has 20 rings (SSSR count). The quantitative estimate of drug-likeness (QED) is 0.0471. The van der Waals surface area contributed by atoms with E-state index in [1.165, 1.54) is 11.3 Å². The molecule has 2 bridgehead atoms. The summed E-state index contributed by atoms with van der Waals surface area (Å²) in [6.45, 7) is 5.24. The van der Waals surface area contributed by atoms with E-state index in [-0.39, 0.29) is 84.6 Å². The highest BCUT2D eigenvalue weighted by Gasteiger charge is 2.51. The molecule has 8 heterocycles. The highest BCUT2D eigenvalue weighted by atomic mass is 35.5. The Morgan fingerprint density at radius 3 is 1.50 bits per heavy atom. The van der Waals surface area contributed by atoms with E-state index in [9.17, 15) is 19.5 Å². The van der Waals surface area contributed by atoms with Crippen molar-refractivity contribution in [2.45, 2.75) is 202 Å². The van der Waals surface area contributed by atoms with Crippen LogP contribution in [0, 0.1) is 0 Å². The molecule has 8 aliphatic rings. The van der Waals surface area contributed by atoms with Gasteiger partial charge in [0.1, 0.15) is 34.4 Å². The molecule has 6 atom stereocenters. The molecular formula is C88H84Cl6N10O11S3. The first-order valence-corrected chi connectivity index (χ1v) is 45.3. The number of nitrogens with zero attached hydrogens (tertiary/aromatic N) is 10. The smallest absolute Gasteiger partial charge is 0.338 e. The number of hydrogen-bond donors (Lipinski definition) is 1. The third-order valence-electron chi connectivity index (χ3n) is 25.3. The number of carboxylic acid groups (broad SMARTS) is 1. The van der Waals surface area contributed by atoms with E-state index in [0.717, 1.165) is 170 Å². The molecule has 6 unspecified atom stereocenters. The Labute approximate surface area is 723 Å². The fraction of sp³-hybridized carbons (Fsp3) is 0.420. The molecule has 118 heavy (non-hydrogen) atoms. The number of piperidine rings is 1. The molecule has 8 fully saturated rings. The topological polar surface area (TPSA) is 238 Å². The van der Waals surface area contributed by atoms with Gasteiger partial charge in [-0.2, -0.15) is 0 Å². The van der Waals surface area contributed by atoms with Gasteiger partial charge in [-0.25, -0.2) is 29.3 Å². The van der Waals surface area contributed by atoms with Gasteiger partial charge in [-0.15, -0.1) is 0 Å². The number of hydrogen-bond acceptors (Lipinski definition) is 23. The number of carbonyl (C=O) groups is 3. The maximum absolute atomic E-state index is 12.7. The van der Waals surface area contributed by atoms with Crippen molar-refractivity contribution >= 4 is 168 Å². The summed E-state index contributed by atoms with van der Waals surface area (Å²) in [6, 6.07) is 30.9. The highest BCUT2D eigenvalue weighted by Crippen LogP contribution is 2.62. The largest absolute Gasteiger partial charge is 0.478 e. The van der Waals surface area contributed by atoms with Gasteiger partial charge in [-0.3, -0.25) is 4.90 Å². The van der Waals surface area contributed by atoms with Crippen molar-refractivity contribution in [2.24, 2.45) is 0 Å². The molecule has 6 aromatic carbocycles. The second-order valence-electron chi connectivity index (χ2n) is 32.6. The third-order valence-corrected chi connectivity index (χ3v) is 30.5. The van der Waals surface area contributed by atoms with Crippen molar-refractivity contribution in [1.82, 2.24) is 35.3 Å². The molecule has 2 aliphatic heterocycles. The predicted octanol–water partition coefficient (Wildman–Crippen LogP) is 23.0. The van der Waals surface area contributed by atoms with Crippen LogP contribution in [0.5, 0.6) is 0 Å². The van der Waals surface area contributed by atoms with E-state index in [4.69, 9.17) is 127 Å². The fourth-order valence-corrected chi connectivity index (χ4v) is 23.7. The number of anilines is 3. The van der Waals surface area contributed by atoms with Crippen LogP contribution in [-0.4, -0.2) is 135 Å². The van der Waals surface area contributed by atoms with Gasteiger partial charge in [0.2, 0.25) is 0 Å². The number of aromatic nitrogens is 6. The van der Waals surface area contributed by atoms with Crippen molar-refractivity contribution in [1.29, 1.82) is 0 Å². The molecule has 2 saturated heterocycles. The van der Waals surface area contributed by atoms with Crippen molar-refractivity contribution in [2.75, 3.05) is 49.1 Å². The molecule has 30 heteroatoms. The molecule has 21 nitrogen and oxygen atoms in total. The Hall–Kier alpha value is -7.95. The summed E-state index contributed by atoms with van der Waals surface area (Å²) in [5, 5.41) is 29.5. The highest BCUT2D eigenvalue weighted by molar-refractivity contribution is 7.23. The number of aromatic carboxylic acids is 1. The van der Waals surface area contributed by atoms with Gasteiger partial charge in [0, 0.05) is 102 Å². The SMILES string of the molecule is CCOC(=O)c1ccc2nc(N(C)C3CCC(OCc4c(-c5c(Cl)cc(C6CC6c6onc(-c7c(Cl)cccc7Cl)c6COC6CCC(N(C)c7nc8ccc(C(=O)O)cc8s7)CC6)cc5Cl)noc4C4CC4c4ccc(Cl)c(-c5noc(C6CC6)c5CN(C)C5CC6CC(C5)N6c5nc6ccc(C(=O)OCC)cc6s5)c4Cl)CC3)sc2c1. The number of ether oxygens (including phenoxy) is 4. The summed E-state index contributed by atoms with van der Waals surface area (Å²) >= 11 is 48.9. The van der Waals surface area contributed by atoms with Crippen LogP contribution in [0.1, 0.15) is 216 Å². The average molecular weight is 1770 g/mol. The number of halogens is 6. The first kappa shape index (κ1) is 79.8. The van der Waals surface area contributed by atoms with Crippen molar-refractivity contribution in [3.05, 3.63) is 189 Å². The molecular weight excluding hydrogens is 1680 g/mol. The second kappa shape index (κ2) is 32.8. The molecule has 6 aliphatic carbocycles. The van der Waals surface area contributed by atoms with Gasteiger partial charge in [0.15, 0.2) is 15.4 Å². The summed E-state index contributed by atoms with van der Waals surface area (Å²) < 4.78 is 46.6. The summed E-state index contributed by atoms with van der Waals surface area (Å²) in [5.41, 5.74) is 11.6. The van der Waals surface area contributed by atoms with E-state index in [1.54, 1.807) is 78.1 Å². The van der Waals surface area contributed by atoms with Crippen molar-refractivity contribution in [3.8, 4) is 33.8 Å². The van der Waals surface area contributed by atoms with Crippen LogP contribution in [0.4, 0.5) is 15.4 Å². The Morgan fingerprint density at radius 2 is 0.966 bits per heavy atom. The Bertz CT molecular complexity index is 5850. The molecule has 0 spiro atoms. The minimum atomic E-state index is -0.965. The Morgan fingerprint density at radius 1 is 0.492 bits per heavy atom. The second-order valence-corrected chi connectivity index (χ2v) is 38.0. The lowest BCUT2D eigenvalue weighted by Gasteiger charge is -2.56. The van der Waals surface area contributed by atoms with Crippen molar-refractivity contribution < 1.29 is 52.0 Å². The number of esters is 2. The van der Waals surface area contributed by atoms with E-state index in [1.807, 2.05) is 55.5 Å². The minimum Gasteiger partial charge on any atom is -0.478 e. The number of benzene rings is 6. The van der Waals surface area contributed by atoms with Gasteiger partial charge < -0.3 is 52.3 Å². The van der Waals surface area contributed by atoms with Crippen LogP contribution in [0.15, 0.2) is 111 Å². The van der Waals surface area contributed by atoms with Crippen LogP contribution in [0.2, 0.25) is 30.1 Å². The van der Waals surface area contributed by atoms with Crippen LogP contribution in [-0.2, 0) is 38.7 Å². The Kier molecular flexibility index (Phi) is 22.2. The van der Waals surface area contributed by atoms with Gasteiger partial charge in [-0.05, 0) is 225 Å². The van der Waals surface area contributed by atoms with Crippen LogP contribution in [0.25, 0.3) is 64.4 Å². The van der Waals surface area contributed by atoms with Crippen LogP contribution in [0.3, 0.4) is 0 Å². The first-order chi connectivity index (χ1) is 57.2. The van der Waals surface area contributed by atoms with Crippen LogP contribution >= 0.6 is 104 Å². The maximum Gasteiger partial charge on any atom is 0.338 e. The van der Waals surface area contributed by atoms with E-state index >= 15 is 0 Å². The van der Waals surface area contributed by atoms with E-state index in [2.05, 4.69) is 45.9 Å². The maximum atomic E-state index is 12.7. The van der Waals surface area contributed by atoms with Gasteiger partial charge in [0.25, 0.3) is 0 Å². The molecule has 1 N–H and O–H groups in total. The summed E-state index contributed by atoms with van der Waals surface area (Å²) in [5.74, 6) is 0.504. The number of carboxylic acids is 1. The fourth-order valence-electron chi connectivity index (χ4n) is 18.5. The minimum absolute atomic E-state index is 0.0440. The molecule has 612 valence electrons. The third kappa shape index (κ3) is 15.3. The molecule has 12 aromatic rings. The van der Waals surface area contributed by atoms with Crippen molar-refractivity contribution in [3.63, 3.8) is 0 Å². The lowest BCUT2D eigenvalue weighted by Crippen LogP contribution is -2.64. The first-order valence-electron chi connectivity index (χ1n) is 40.5. The summed E-state index contributed by atoms with van der Waals surface area (Å²) in [4.78, 5) is 61.3. The Balaban J connectivity index is 0.573. The zero-order chi connectivity index (χ0) is 81.2. The lowest BCUT2D eigenvalue weighted by molar-refractivity contribution is 0.0130. The molecule has 0 radical (unpaired) electrons. The normalized spacial score (nSPS) is 22.8. The summed E-state index contributed by atoms with van der Waals surface area (Å²) in [7, 11) is 6.36. The molecule has 6 saturated carbocycles. The molecule has 0 amide bonds. The number of rotatable bonds is 27. The van der Waals surface area contributed by atoms with Gasteiger partial charge in [0.05, 0.1) is 116 Å². The van der Waals surface area contributed by atoms with Gasteiger partial charge >= 0.3 is 17.9 Å². The zero-order valence-electron chi connectivity index (χ0n) is 65.3. The van der Waals surface area contributed by atoms with E-state index in [0.29, 0.717) is 131 Å². The molecule has 6 aromatic heterocycles.